The summed E-state index contributed by atoms with van der Waals surface area (Å²) in [7, 11) is 0. The fraction of sp³-hybridized carbons (Fsp3) is 0.125. The van der Waals surface area contributed by atoms with Crippen LogP contribution in [0.25, 0.3) is 0 Å². The molecule has 0 aromatic heterocycles. The van der Waals surface area contributed by atoms with E-state index in [4.69, 9.17) is 11.6 Å². The molecule has 0 heterocycles. The summed E-state index contributed by atoms with van der Waals surface area (Å²) >= 11 is 7.38. The molecule has 0 saturated heterocycles. The Morgan fingerprint density at radius 1 is 1.40 bits per heavy atom. The van der Waals surface area contributed by atoms with Gasteiger partial charge in [-0.1, -0.05) is 29.5 Å². The van der Waals surface area contributed by atoms with Crippen LogP contribution in [0.1, 0.15) is 0 Å². The van der Waals surface area contributed by atoms with Crippen molar-refractivity contribution in [2.75, 3.05) is 6.26 Å². The number of hydrogen-bond acceptors (Lipinski definition) is 1. The van der Waals surface area contributed by atoms with Crippen molar-refractivity contribution in [1.82, 2.24) is 0 Å². The van der Waals surface area contributed by atoms with Gasteiger partial charge in [0.1, 0.15) is 0 Å². The molecule has 52 valence electrons. The topological polar surface area (TPSA) is 0 Å². The number of halogens is 1. The first-order chi connectivity index (χ1) is 4.83. The van der Waals surface area contributed by atoms with Gasteiger partial charge in [-0.2, -0.15) is 0 Å². The Bertz CT molecular complexity index is 242. The molecular weight excluding hydrogens is 164 g/mol. The van der Waals surface area contributed by atoms with E-state index in [9.17, 15) is 0 Å². The molecule has 0 N–H and O–H groups in total. The molecule has 0 nitrogen and oxygen atoms in total. The fourth-order valence-electron chi connectivity index (χ4n) is 0.603. The van der Waals surface area contributed by atoms with Crippen LogP contribution in [0.4, 0.5) is 0 Å². The molecule has 0 saturated carbocycles. The second kappa shape index (κ2) is 3.72. The van der Waals surface area contributed by atoms with Gasteiger partial charge < -0.3 is 0 Å². The van der Waals surface area contributed by atoms with Crippen LogP contribution in [0.3, 0.4) is 0 Å². The molecule has 0 fully saturated rings. The molecule has 1 aliphatic carbocycles. The van der Waals surface area contributed by atoms with Crippen LogP contribution in [0, 0.1) is 0 Å². The lowest BCUT2D eigenvalue weighted by Crippen LogP contribution is -1.61. The normalized spacial score (nSPS) is 16.2. The van der Waals surface area contributed by atoms with E-state index in [1.165, 1.54) is 0 Å². The third-order valence-electron chi connectivity index (χ3n) is 1.06. The molecule has 0 aliphatic heterocycles. The van der Waals surface area contributed by atoms with E-state index < -0.39 is 0 Å². The maximum Gasteiger partial charge on any atom is 0.0835 e. The van der Waals surface area contributed by atoms with E-state index in [2.05, 4.69) is 5.73 Å². The van der Waals surface area contributed by atoms with Crippen molar-refractivity contribution in [2.45, 2.75) is 0 Å². The average Bonchev–Trinajstić information content (AvgIpc) is 2.13. The van der Waals surface area contributed by atoms with E-state index in [0.29, 0.717) is 5.03 Å². The monoisotopic (exact) mass is 170 g/mol. The molecule has 1 aliphatic rings. The number of hydrogen-bond donors (Lipinski definition) is 0. The van der Waals surface area contributed by atoms with Crippen LogP contribution in [0.15, 0.2) is 40.0 Å². The summed E-state index contributed by atoms with van der Waals surface area (Å²) in [4.78, 5) is 1.06. The maximum atomic E-state index is 5.74. The quantitative estimate of drug-likeness (QED) is 0.545. The van der Waals surface area contributed by atoms with E-state index >= 15 is 0 Å². The van der Waals surface area contributed by atoms with E-state index in [-0.39, 0.29) is 0 Å². The lowest BCUT2D eigenvalue weighted by Gasteiger charge is -1.86. The summed E-state index contributed by atoms with van der Waals surface area (Å²) in [5.41, 5.74) is 3.02. The molecular formula is C8H7ClS. The Morgan fingerprint density at radius 2 is 2.10 bits per heavy atom. The van der Waals surface area contributed by atoms with Crippen LogP contribution in [0.2, 0.25) is 0 Å². The summed E-state index contributed by atoms with van der Waals surface area (Å²) in [5, 5.41) is 0.661. The highest BCUT2D eigenvalue weighted by Gasteiger charge is 1.89. The fourth-order valence-corrected chi connectivity index (χ4v) is 1.26. The third kappa shape index (κ3) is 2.11. The summed E-state index contributed by atoms with van der Waals surface area (Å²) in [6.07, 6.45) is 9.66. The van der Waals surface area contributed by atoms with Gasteiger partial charge in [-0.3, -0.25) is 0 Å². The van der Waals surface area contributed by atoms with Gasteiger partial charge in [-0.05, 0) is 18.4 Å². The minimum atomic E-state index is 0.661. The SMILES string of the molecule is CSC1=C=C(Cl)C=CC=C1. The predicted molar refractivity (Wildman–Crippen MR) is 48.2 cm³/mol. The van der Waals surface area contributed by atoms with E-state index in [1.807, 2.05) is 30.6 Å². The lowest BCUT2D eigenvalue weighted by atomic mass is 10.5. The van der Waals surface area contributed by atoms with Gasteiger partial charge in [0.15, 0.2) is 0 Å². The van der Waals surface area contributed by atoms with Crippen molar-refractivity contribution < 1.29 is 0 Å². The molecule has 2 heteroatoms. The van der Waals surface area contributed by atoms with Crippen molar-refractivity contribution in [3.8, 4) is 0 Å². The zero-order valence-corrected chi connectivity index (χ0v) is 7.17. The van der Waals surface area contributed by atoms with E-state index in [1.54, 1.807) is 11.8 Å². The van der Waals surface area contributed by atoms with Gasteiger partial charge in [-0.15, -0.1) is 11.8 Å². The van der Waals surface area contributed by atoms with Crippen LogP contribution < -0.4 is 0 Å². The summed E-state index contributed by atoms with van der Waals surface area (Å²) in [6.45, 7) is 0. The number of allylic oxidation sites excluding steroid dienone is 4. The van der Waals surface area contributed by atoms with Gasteiger partial charge >= 0.3 is 0 Å². The molecule has 0 aromatic carbocycles. The number of rotatable bonds is 1. The second-order valence-corrected chi connectivity index (χ2v) is 3.01. The molecule has 0 radical (unpaired) electrons. The summed E-state index contributed by atoms with van der Waals surface area (Å²) < 4.78 is 0. The highest BCUT2D eigenvalue weighted by molar-refractivity contribution is 8.02. The Labute approximate surface area is 70.0 Å². The highest BCUT2D eigenvalue weighted by atomic mass is 35.5. The van der Waals surface area contributed by atoms with Crippen molar-refractivity contribution in [3.63, 3.8) is 0 Å². The van der Waals surface area contributed by atoms with Crippen molar-refractivity contribution in [2.24, 2.45) is 0 Å². The molecule has 0 spiro atoms. The smallest absolute Gasteiger partial charge is 0.0835 e. The van der Waals surface area contributed by atoms with Gasteiger partial charge in [0.2, 0.25) is 0 Å². The highest BCUT2D eigenvalue weighted by Crippen LogP contribution is 2.16. The van der Waals surface area contributed by atoms with Crippen LogP contribution in [-0.2, 0) is 0 Å². The van der Waals surface area contributed by atoms with Gasteiger partial charge in [0, 0.05) is 0 Å². The molecule has 0 amide bonds. The molecule has 0 atom stereocenters. The predicted octanol–water partition coefficient (Wildman–Crippen LogP) is 3.08. The Balaban J connectivity index is 3.00. The third-order valence-corrected chi connectivity index (χ3v) is 1.96. The molecule has 0 bridgehead atoms. The number of thioether (sulfide) groups is 1. The summed E-state index contributed by atoms with van der Waals surface area (Å²) in [5.74, 6) is 0. The van der Waals surface area contributed by atoms with Crippen LogP contribution >= 0.6 is 23.4 Å². The lowest BCUT2D eigenvalue weighted by molar-refractivity contribution is 1.92. The Hall–Kier alpha value is -0.360. The molecule has 0 unspecified atom stereocenters. The Kier molecular flexibility index (Phi) is 2.88. The second-order valence-electron chi connectivity index (χ2n) is 1.76. The zero-order valence-electron chi connectivity index (χ0n) is 5.60. The first-order valence-corrected chi connectivity index (χ1v) is 4.48. The summed E-state index contributed by atoms with van der Waals surface area (Å²) in [6, 6.07) is 0. The standard InChI is InChI=1S/C8H7ClS/c1-10-8-5-3-2-4-7(9)6-8/h2-5H,1H3. The van der Waals surface area contributed by atoms with Crippen molar-refractivity contribution in [1.29, 1.82) is 0 Å². The Morgan fingerprint density at radius 3 is 2.80 bits per heavy atom. The first-order valence-electron chi connectivity index (χ1n) is 2.88. The first kappa shape index (κ1) is 7.74. The minimum absolute atomic E-state index is 0.661. The van der Waals surface area contributed by atoms with Gasteiger partial charge in [-0.25, -0.2) is 0 Å². The molecule has 0 aromatic rings. The van der Waals surface area contributed by atoms with Gasteiger partial charge in [0.25, 0.3) is 0 Å². The van der Waals surface area contributed by atoms with Gasteiger partial charge in [0.05, 0.1) is 9.94 Å². The zero-order chi connectivity index (χ0) is 7.40. The van der Waals surface area contributed by atoms with Crippen molar-refractivity contribution in [3.05, 3.63) is 40.0 Å². The molecule has 10 heavy (non-hydrogen) atoms. The van der Waals surface area contributed by atoms with Crippen LogP contribution in [-0.4, -0.2) is 6.26 Å². The van der Waals surface area contributed by atoms with Crippen LogP contribution in [0.5, 0.6) is 0 Å². The average molecular weight is 171 g/mol. The largest absolute Gasteiger partial charge is 0.121 e. The maximum absolute atomic E-state index is 5.74. The van der Waals surface area contributed by atoms with E-state index in [0.717, 1.165) is 4.91 Å². The van der Waals surface area contributed by atoms with Crippen molar-refractivity contribution >= 4 is 23.4 Å². The molecule has 1 rings (SSSR count). The minimum Gasteiger partial charge on any atom is -0.121 e.